The number of nitro groups is 1. The number of anilines is 1. The molecule has 1 aliphatic rings. The quantitative estimate of drug-likeness (QED) is 0.509. The molecule has 7 nitrogen and oxygen atoms in total. The van der Waals surface area contributed by atoms with Crippen LogP contribution < -0.4 is 4.90 Å². The van der Waals surface area contributed by atoms with Gasteiger partial charge in [-0.3, -0.25) is 15.0 Å². The first-order valence-corrected chi connectivity index (χ1v) is 8.91. The molecule has 3 aromatic rings. The molecule has 1 aromatic heterocycles. The van der Waals surface area contributed by atoms with E-state index in [9.17, 15) is 10.1 Å². The average molecular weight is 364 g/mol. The Morgan fingerprint density at radius 3 is 2.44 bits per heavy atom. The molecule has 0 N–H and O–H groups in total. The highest BCUT2D eigenvalue weighted by molar-refractivity contribution is 5.63. The third-order valence-electron chi connectivity index (χ3n) is 4.76. The molecule has 0 saturated carbocycles. The van der Waals surface area contributed by atoms with Crippen LogP contribution in [0, 0.1) is 10.1 Å². The van der Waals surface area contributed by atoms with E-state index in [-0.39, 0.29) is 10.6 Å². The zero-order valence-electron chi connectivity index (χ0n) is 14.8. The molecule has 7 heteroatoms. The predicted molar refractivity (Wildman–Crippen MR) is 103 cm³/mol. The van der Waals surface area contributed by atoms with E-state index in [2.05, 4.69) is 14.8 Å². The van der Waals surface area contributed by atoms with Crippen molar-refractivity contribution in [3.05, 3.63) is 76.8 Å². The van der Waals surface area contributed by atoms with E-state index in [0.717, 1.165) is 37.5 Å². The van der Waals surface area contributed by atoms with Gasteiger partial charge in [0.25, 0.3) is 5.69 Å². The van der Waals surface area contributed by atoms with Gasteiger partial charge in [-0.25, -0.2) is 4.98 Å². The molecule has 2 aromatic carbocycles. The van der Waals surface area contributed by atoms with Crippen molar-refractivity contribution in [2.75, 3.05) is 31.1 Å². The van der Waals surface area contributed by atoms with Gasteiger partial charge in [0.15, 0.2) is 5.76 Å². The Morgan fingerprint density at radius 1 is 1.00 bits per heavy atom. The van der Waals surface area contributed by atoms with Crippen LogP contribution in [0.5, 0.6) is 0 Å². The second-order valence-corrected chi connectivity index (χ2v) is 6.49. The number of piperazine rings is 1. The van der Waals surface area contributed by atoms with Crippen molar-refractivity contribution in [1.29, 1.82) is 0 Å². The fourth-order valence-corrected chi connectivity index (χ4v) is 3.34. The molecule has 0 spiro atoms. The lowest BCUT2D eigenvalue weighted by Gasteiger charge is -2.35. The molecule has 0 radical (unpaired) electrons. The number of para-hydroxylation sites is 2. The molecule has 0 unspecified atom stereocenters. The van der Waals surface area contributed by atoms with Crippen LogP contribution in [-0.4, -0.2) is 41.0 Å². The summed E-state index contributed by atoms with van der Waals surface area (Å²) in [7, 11) is 0. The van der Waals surface area contributed by atoms with Crippen LogP contribution in [-0.2, 0) is 6.54 Å². The SMILES string of the molecule is O=[N+]([O-])c1ccccc1N1CCN(Cc2ncc(-c3ccccc3)o2)CC1. The number of hydrogen-bond donors (Lipinski definition) is 0. The van der Waals surface area contributed by atoms with Gasteiger partial charge in [-0.2, -0.15) is 0 Å². The van der Waals surface area contributed by atoms with Crippen LogP contribution >= 0.6 is 0 Å². The van der Waals surface area contributed by atoms with Crippen molar-refractivity contribution >= 4 is 11.4 Å². The highest BCUT2D eigenvalue weighted by Gasteiger charge is 2.24. The summed E-state index contributed by atoms with van der Waals surface area (Å²) in [6.07, 6.45) is 1.76. The molecule has 1 saturated heterocycles. The maximum Gasteiger partial charge on any atom is 0.292 e. The number of nitrogens with zero attached hydrogens (tertiary/aromatic N) is 4. The van der Waals surface area contributed by atoms with Crippen molar-refractivity contribution in [2.24, 2.45) is 0 Å². The van der Waals surface area contributed by atoms with Gasteiger partial charge in [-0.1, -0.05) is 42.5 Å². The molecule has 0 aliphatic carbocycles. The van der Waals surface area contributed by atoms with Gasteiger partial charge in [0.05, 0.1) is 17.7 Å². The normalized spacial score (nSPS) is 15.0. The fraction of sp³-hybridized carbons (Fsp3) is 0.250. The van der Waals surface area contributed by atoms with Gasteiger partial charge in [-0.05, 0) is 6.07 Å². The second kappa shape index (κ2) is 7.59. The predicted octanol–water partition coefficient (Wildman–Crippen LogP) is 3.57. The summed E-state index contributed by atoms with van der Waals surface area (Å²) in [6.45, 7) is 3.70. The van der Waals surface area contributed by atoms with E-state index < -0.39 is 0 Å². The van der Waals surface area contributed by atoms with Crippen LogP contribution in [0.1, 0.15) is 5.89 Å². The van der Waals surface area contributed by atoms with E-state index in [1.807, 2.05) is 42.5 Å². The Hall–Kier alpha value is -3.19. The lowest BCUT2D eigenvalue weighted by atomic mass is 10.2. The van der Waals surface area contributed by atoms with E-state index in [0.29, 0.717) is 18.1 Å². The number of hydrogen-bond acceptors (Lipinski definition) is 6. The summed E-state index contributed by atoms with van der Waals surface area (Å²) in [4.78, 5) is 19.6. The largest absolute Gasteiger partial charge is 0.439 e. The maximum atomic E-state index is 11.2. The Labute approximate surface area is 157 Å². The maximum absolute atomic E-state index is 11.2. The highest BCUT2D eigenvalue weighted by atomic mass is 16.6. The van der Waals surface area contributed by atoms with E-state index in [1.54, 1.807) is 18.3 Å². The topological polar surface area (TPSA) is 75.7 Å². The van der Waals surface area contributed by atoms with Crippen LogP contribution in [0.2, 0.25) is 0 Å². The van der Waals surface area contributed by atoms with Crippen molar-refractivity contribution in [3.63, 3.8) is 0 Å². The monoisotopic (exact) mass is 364 g/mol. The van der Waals surface area contributed by atoms with Crippen LogP contribution in [0.25, 0.3) is 11.3 Å². The molecule has 2 heterocycles. The first-order chi connectivity index (χ1) is 13.2. The van der Waals surface area contributed by atoms with Crippen molar-refractivity contribution in [3.8, 4) is 11.3 Å². The number of benzene rings is 2. The summed E-state index contributed by atoms with van der Waals surface area (Å²) < 4.78 is 5.88. The van der Waals surface area contributed by atoms with Gasteiger partial charge in [0.1, 0.15) is 5.69 Å². The average Bonchev–Trinajstić information content (AvgIpc) is 3.18. The zero-order valence-corrected chi connectivity index (χ0v) is 14.8. The first kappa shape index (κ1) is 17.2. The molecular formula is C20H20N4O3. The van der Waals surface area contributed by atoms with Crippen LogP contribution in [0.4, 0.5) is 11.4 Å². The number of aromatic nitrogens is 1. The number of oxazole rings is 1. The lowest BCUT2D eigenvalue weighted by Crippen LogP contribution is -2.46. The molecule has 0 atom stereocenters. The standard InChI is InChI=1S/C20H20N4O3/c25-24(26)18-9-5-4-8-17(18)23-12-10-22(11-13-23)15-20-21-14-19(27-20)16-6-2-1-3-7-16/h1-9,14H,10-13,15H2. The second-order valence-electron chi connectivity index (χ2n) is 6.49. The number of nitro benzene ring substituents is 1. The van der Waals surface area contributed by atoms with E-state index in [1.165, 1.54) is 0 Å². The Morgan fingerprint density at radius 2 is 1.70 bits per heavy atom. The molecule has 0 amide bonds. The van der Waals surface area contributed by atoms with Crippen LogP contribution in [0.15, 0.2) is 65.2 Å². The number of rotatable bonds is 5. The smallest absolute Gasteiger partial charge is 0.292 e. The highest BCUT2D eigenvalue weighted by Crippen LogP contribution is 2.28. The van der Waals surface area contributed by atoms with Gasteiger partial charge in [0, 0.05) is 37.8 Å². The minimum Gasteiger partial charge on any atom is -0.439 e. The van der Waals surface area contributed by atoms with Crippen molar-refractivity contribution < 1.29 is 9.34 Å². The summed E-state index contributed by atoms with van der Waals surface area (Å²) >= 11 is 0. The van der Waals surface area contributed by atoms with E-state index >= 15 is 0 Å². The van der Waals surface area contributed by atoms with E-state index in [4.69, 9.17) is 4.42 Å². The molecule has 1 aliphatic heterocycles. The van der Waals surface area contributed by atoms with Gasteiger partial charge >= 0.3 is 0 Å². The Kier molecular flexibility index (Phi) is 4.84. The minimum absolute atomic E-state index is 0.158. The lowest BCUT2D eigenvalue weighted by molar-refractivity contribution is -0.384. The van der Waals surface area contributed by atoms with Crippen molar-refractivity contribution in [2.45, 2.75) is 6.54 Å². The third kappa shape index (κ3) is 3.83. The first-order valence-electron chi connectivity index (χ1n) is 8.91. The third-order valence-corrected chi connectivity index (χ3v) is 4.76. The van der Waals surface area contributed by atoms with Gasteiger partial charge in [0.2, 0.25) is 5.89 Å². The van der Waals surface area contributed by atoms with Crippen molar-refractivity contribution in [1.82, 2.24) is 9.88 Å². The zero-order chi connectivity index (χ0) is 18.6. The Bertz CT molecular complexity index is 918. The van der Waals surface area contributed by atoms with Gasteiger partial charge < -0.3 is 9.32 Å². The molecule has 4 rings (SSSR count). The molecule has 27 heavy (non-hydrogen) atoms. The minimum atomic E-state index is -0.320. The molecule has 0 bridgehead atoms. The molecule has 1 fully saturated rings. The Balaban J connectivity index is 1.38. The summed E-state index contributed by atoms with van der Waals surface area (Å²) in [5, 5.41) is 11.2. The molecular weight excluding hydrogens is 344 g/mol. The summed E-state index contributed by atoms with van der Waals surface area (Å²) in [6, 6.07) is 16.8. The summed E-state index contributed by atoms with van der Waals surface area (Å²) in [5.41, 5.74) is 1.85. The molecule has 138 valence electrons. The van der Waals surface area contributed by atoms with Crippen LogP contribution in [0.3, 0.4) is 0 Å². The fourth-order valence-electron chi connectivity index (χ4n) is 3.34. The summed E-state index contributed by atoms with van der Waals surface area (Å²) in [5.74, 6) is 1.46. The van der Waals surface area contributed by atoms with Gasteiger partial charge in [-0.15, -0.1) is 0 Å².